The summed E-state index contributed by atoms with van der Waals surface area (Å²) in [4.78, 5) is 10.4. The third-order valence-electron chi connectivity index (χ3n) is 12.0. The lowest BCUT2D eigenvalue weighted by molar-refractivity contribution is 0.446. The number of nitrogens with zero attached hydrogens (tertiary/aromatic N) is 3. The van der Waals surface area contributed by atoms with Crippen molar-refractivity contribution in [3.05, 3.63) is 193 Å². The second-order valence-electron chi connectivity index (χ2n) is 18.7. The Morgan fingerprint density at radius 3 is 1.72 bits per heavy atom. The highest BCUT2D eigenvalue weighted by Gasteiger charge is 2.30. The molecule has 1 N–H and O–H groups in total. The smallest absolute Gasteiger partial charge is 0.149 e. The van der Waals surface area contributed by atoms with Gasteiger partial charge in [-0.3, -0.25) is 9.55 Å². The lowest BCUT2D eigenvalue weighted by Gasteiger charge is -2.28. The van der Waals surface area contributed by atoms with Crippen molar-refractivity contribution in [1.82, 2.24) is 14.5 Å². The van der Waals surface area contributed by atoms with E-state index in [2.05, 4.69) is 69.3 Å². The van der Waals surface area contributed by atoms with Gasteiger partial charge in [0, 0.05) is 40.8 Å². The lowest BCUT2D eigenvalue weighted by Crippen LogP contribution is -2.17. The van der Waals surface area contributed by atoms with Crippen LogP contribution in [0.5, 0.6) is 5.75 Å². The average molecular weight is 845 g/mol. The standard InChI is InChI=1S/C60H57N3O/c1-58(2,3)46-28-29-53(49(36-46)41-24-17-12-18-25-41)63-54-27-19-26-48(55(54)62-57(63)50-37-47(59(4,5)6)38-51(56(50)64)60(7,8)9)44-32-43(40-22-15-11-16-23-40)33-45(34-44)52-35-42(30-31-61-52)39-20-13-10-14-21-39/h10-38,64H,1-9H3/i1D3,2D3,3D3. The molecule has 0 fully saturated rings. The van der Waals surface area contributed by atoms with Gasteiger partial charge in [0.1, 0.15) is 11.6 Å². The van der Waals surface area contributed by atoms with E-state index in [4.69, 9.17) is 22.3 Å². The molecule has 0 radical (unpaired) electrons. The monoisotopic (exact) mass is 845 g/mol. The van der Waals surface area contributed by atoms with Crippen LogP contribution in [-0.2, 0) is 16.2 Å². The number of fused-ring (bicyclic) bond motifs is 1. The van der Waals surface area contributed by atoms with E-state index in [1.54, 1.807) is 30.3 Å². The molecular weight excluding hydrogens is 779 g/mol. The van der Waals surface area contributed by atoms with Crippen LogP contribution in [0.4, 0.5) is 0 Å². The highest BCUT2D eigenvalue weighted by Crippen LogP contribution is 2.46. The summed E-state index contributed by atoms with van der Waals surface area (Å²) in [5, 5.41) is 12.6. The highest BCUT2D eigenvalue weighted by atomic mass is 16.3. The van der Waals surface area contributed by atoms with Gasteiger partial charge in [0.25, 0.3) is 0 Å². The lowest BCUT2D eigenvalue weighted by atomic mass is 9.79. The normalized spacial score (nSPS) is 14.9. The summed E-state index contributed by atoms with van der Waals surface area (Å²) in [5.41, 5.74) is 7.37. The van der Waals surface area contributed by atoms with Gasteiger partial charge in [-0.15, -0.1) is 0 Å². The highest BCUT2D eigenvalue weighted by molar-refractivity contribution is 5.98. The number of hydrogen-bond acceptors (Lipinski definition) is 3. The Morgan fingerprint density at radius 1 is 0.469 bits per heavy atom. The van der Waals surface area contributed by atoms with Crippen LogP contribution in [0.15, 0.2) is 176 Å². The molecule has 4 heteroatoms. The summed E-state index contributed by atoms with van der Waals surface area (Å²) in [5.74, 6) is 0.382. The predicted octanol–water partition coefficient (Wildman–Crippen LogP) is 16.0. The zero-order chi connectivity index (χ0) is 52.5. The molecule has 7 aromatic carbocycles. The molecule has 0 aliphatic carbocycles. The van der Waals surface area contributed by atoms with E-state index in [9.17, 15) is 5.11 Å². The second kappa shape index (κ2) is 16.3. The first kappa shape index (κ1) is 32.6. The number of para-hydroxylation sites is 1. The number of pyridine rings is 1. The van der Waals surface area contributed by atoms with Crippen LogP contribution < -0.4 is 0 Å². The van der Waals surface area contributed by atoms with Crippen molar-refractivity contribution < 1.29 is 17.4 Å². The Morgan fingerprint density at radius 2 is 1.08 bits per heavy atom. The Bertz CT molecular complexity index is 3460. The number of imidazole rings is 1. The molecule has 0 atom stereocenters. The molecule has 0 saturated carbocycles. The average Bonchev–Trinajstić information content (AvgIpc) is 3.72. The first-order valence-electron chi connectivity index (χ1n) is 26.1. The fourth-order valence-electron chi connectivity index (χ4n) is 8.51. The van der Waals surface area contributed by atoms with Crippen molar-refractivity contribution in [2.45, 2.75) is 78.3 Å². The van der Waals surface area contributed by atoms with Crippen molar-refractivity contribution in [2.24, 2.45) is 0 Å². The number of hydrogen-bond donors (Lipinski definition) is 1. The van der Waals surface area contributed by atoms with E-state index in [-0.39, 0.29) is 16.7 Å². The van der Waals surface area contributed by atoms with E-state index >= 15 is 0 Å². The first-order chi connectivity index (χ1) is 34.3. The number of aromatic hydroxyl groups is 1. The maximum atomic E-state index is 12.6. The molecule has 2 aromatic heterocycles. The van der Waals surface area contributed by atoms with Gasteiger partial charge in [-0.05, 0) is 115 Å². The van der Waals surface area contributed by atoms with Gasteiger partial charge in [-0.2, -0.15) is 0 Å². The summed E-state index contributed by atoms with van der Waals surface area (Å²) >= 11 is 0. The minimum absolute atomic E-state index is 0.0282. The molecule has 9 rings (SSSR count). The molecule has 318 valence electrons. The van der Waals surface area contributed by atoms with Gasteiger partial charge in [0.05, 0.1) is 28.0 Å². The third-order valence-corrected chi connectivity index (χ3v) is 12.0. The predicted molar refractivity (Wildman–Crippen MR) is 269 cm³/mol. The Kier molecular flexibility index (Phi) is 8.28. The second-order valence-corrected chi connectivity index (χ2v) is 18.7. The quantitative estimate of drug-likeness (QED) is 0.174. The van der Waals surface area contributed by atoms with Crippen LogP contribution in [0.2, 0.25) is 0 Å². The molecule has 0 saturated heterocycles. The molecule has 0 aliphatic heterocycles. The van der Waals surface area contributed by atoms with Gasteiger partial charge in [-0.25, -0.2) is 4.98 Å². The fourth-order valence-corrected chi connectivity index (χ4v) is 8.51. The zero-order valence-corrected chi connectivity index (χ0v) is 37.0. The summed E-state index contributed by atoms with van der Waals surface area (Å²) in [6.07, 6.45) is 1.82. The van der Waals surface area contributed by atoms with Crippen LogP contribution in [0.25, 0.3) is 83.9 Å². The molecule has 0 aliphatic rings. The van der Waals surface area contributed by atoms with Crippen molar-refractivity contribution in [3.63, 3.8) is 0 Å². The molecule has 2 heterocycles. The molecule has 4 nitrogen and oxygen atoms in total. The number of aromatic nitrogens is 3. The first-order valence-corrected chi connectivity index (χ1v) is 21.6. The molecule has 9 aromatic rings. The van der Waals surface area contributed by atoms with Crippen LogP contribution >= 0.6 is 0 Å². The van der Waals surface area contributed by atoms with Crippen molar-refractivity contribution in [1.29, 1.82) is 0 Å². The van der Waals surface area contributed by atoms with Gasteiger partial charge in [0.2, 0.25) is 0 Å². The van der Waals surface area contributed by atoms with Crippen LogP contribution in [0.1, 0.15) is 91.1 Å². The molecule has 64 heavy (non-hydrogen) atoms. The van der Waals surface area contributed by atoms with Crippen molar-refractivity contribution in [3.8, 4) is 78.6 Å². The third kappa shape index (κ3) is 8.17. The maximum absolute atomic E-state index is 12.6. The van der Waals surface area contributed by atoms with Crippen LogP contribution in [0.3, 0.4) is 0 Å². The van der Waals surface area contributed by atoms with Gasteiger partial charge < -0.3 is 5.11 Å². The van der Waals surface area contributed by atoms with Crippen LogP contribution in [0, 0.1) is 0 Å². The number of phenols is 1. The maximum Gasteiger partial charge on any atom is 0.149 e. The summed E-state index contributed by atoms with van der Waals surface area (Å²) in [6.45, 7) is 1.98. The largest absolute Gasteiger partial charge is 0.507 e. The zero-order valence-electron chi connectivity index (χ0n) is 46.0. The summed E-state index contributed by atoms with van der Waals surface area (Å²) in [7, 11) is 0. The van der Waals surface area contributed by atoms with Crippen molar-refractivity contribution in [2.75, 3.05) is 0 Å². The van der Waals surface area contributed by atoms with E-state index in [1.165, 1.54) is 12.1 Å². The Balaban J connectivity index is 1.41. The number of benzene rings is 7. The van der Waals surface area contributed by atoms with E-state index in [0.717, 1.165) is 50.2 Å². The molecular formula is C60H57N3O. The van der Waals surface area contributed by atoms with Gasteiger partial charge in [0.15, 0.2) is 0 Å². The van der Waals surface area contributed by atoms with Crippen molar-refractivity contribution >= 4 is 11.0 Å². The van der Waals surface area contributed by atoms with E-state index < -0.39 is 31.4 Å². The van der Waals surface area contributed by atoms with Crippen LogP contribution in [-0.4, -0.2) is 19.6 Å². The SMILES string of the molecule is [2H]C([2H])([2H])C(c1ccc(-n2c(-c3cc(C(C)(C)C)cc(C(C)(C)C)c3O)nc3c(-c4cc(-c5ccccc5)cc(-c5cc(-c6ccccc6)ccn5)c4)cccc32)c(-c2ccccc2)c1)(C([2H])([2H])[2H])C([2H])([2H])[2H]. The molecule has 0 spiro atoms. The van der Waals surface area contributed by atoms with E-state index in [0.29, 0.717) is 44.8 Å². The molecule has 0 bridgehead atoms. The summed E-state index contributed by atoms with van der Waals surface area (Å²) < 4.78 is 79.6. The minimum Gasteiger partial charge on any atom is -0.507 e. The number of phenolic OH excluding ortho intramolecular Hbond substituents is 1. The van der Waals surface area contributed by atoms with Gasteiger partial charge in [-0.1, -0.05) is 177 Å². The van der Waals surface area contributed by atoms with E-state index in [1.807, 2.05) is 110 Å². The Hall–Kier alpha value is -7.04. The molecule has 0 amide bonds. The Labute approximate surface area is 391 Å². The number of rotatable bonds is 7. The fraction of sp³-hybridized carbons (Fsp3) is 0.200. The molecule has 0 unspecified atom stereocenters. The topological polar surface area (TPSA) is 50.9 Å². The minimum atomic E-state index is -3.49. The van der Waals surface area contributed by atoms with Gasteiger partial charge >= 0.3 is 0 Å². The summed E-state index contributed by atoms with van der Waals surface area (Å²) in [6, 6.07) is 53.9.